The van der Waals surface area contributed by atoms with Crippen molar-refractivity contribution in [1.29, 1.82) is 0 Å². The lowest BCUT2D eigenvalue weighted by molar-refractivity contribution is -0.149. The predicted octanol–water partition coefficient (Wildman–Crippen LogP) is 6.69. The van der Waals surface area contributed by atoms with Gasteiger partial charge in [0.2, 0.25) is 5.89 Å². The van der Waals surface area contributed by atoms with Gasteiger partial charge in [-0.15, -0.1) is 0 Å². The van der Waals surface area contributed by atoms with Crippen LogP contribution in [0.3, 0.4) is 0 Å². The van der Waals surface area contributed by atoms with Crippen LogP contribution < -0.4 is 4.74 Å². The van der Waals surface area contributed by atoms with Crippen LogP contribution in [0.5, 0.6) is 5.75 Å². The van der Waals surface area contributed by atoms with Crippen LogP contribution in [-0.4, -0.2) is 72.8 Å². The van der Waals surface area contributed by atoms with Gasteiger partial charge in [0.05, 0.1) is 26.0 Å². The Hall–Kier alpha value is -5.15. The fourth-order valence-corrected chi connectivity index (χ4v) is 7.27. The molecule has 1 saturated heterocycles. The summed E-state index contributed by atoms with van der Waals surface area (Å²) in [5, 5.41) is 0. The van der Waals surface area contributed by atoms with Gasteiger partial charge in [0.1, 0.15) is 24.2 Å². The van der Waals surface area contributed by atoms with Crippen molar-refractivity contribution in [2.75, 3.05) is 40.0 Å². The molecule has 4 aromatic rings. The van der Waals surface area contributed by atoms with Crippen LogP contribution in [0.25, 0.3) is 11.5 Å². The number of ether oxygens (including phenoxy) is 3. The quantitative estimate of drug-likeness (QED) is 0.174. The lowest BCUT2D eigenvalue weighted by Crippen LogP contribution is -2.57. The van der Waals surface area contributed by atoms with E-state index < -0.39 is 12.1 Å². The van der Waals surface area contributed by atoms with Crippen LogP contribution in [0.1, 0.15) is 40.0 Å². The number of allylic oxidation sites excluding steroid dienone is 4. The Labute approximate surface area is 286 Å². The second-order valence-electron chi connectivity index (χ2n) is 12.8. The van der Waals surface area contributed by atoms with Gasteiger partial charge in [-0.25, -0.2) is 9.78 Å². The normalized spacial score (nSPS) is 21.2. The van der Waals surface area contributed by atoms with Crippen LogP contribution in [0.4, 0.5) is 4.79 Å². The molecule has 7 rings (SSSR count). The van der Waals surface area contributed by atoms with Gasteiger partial charge in [0, 0.05) is 43.5 Å². The molecule has 4 unspecified atom stereocenters. The SMILES string of the molecule is COC(=O)C1CN(C(=O)OCC2c3ccccc3C3C=CC=CC32)CCN1Cc1cccc(OCCc2nc(-c3ccccc3)oc2C)c1. The molecule has 0 spiro atoms. The zero-order valence-corrected chi connectivity index (χ0v) is 27.9. The van der Waals surface area contributed by atoms with E-state index in [1.807, 2.05) is 67.6 Å². The monoisotopic (exact) mass is 659 g/mol. The molecule has 1 fully saturated rings. The molecule has 2 aliphatic carbocycles. The summed E-state index contributed by atoms with van der Waals surface area (Å²) in [4.78, 5) is 34.7. The lowest BCUT2D eigenvalue weighted by atomic mass is 9.84. The van der Waals surface area contributed by atoms with Crippen molar-refractivity contribution >= 4 is 12.1 Å². The first-order valence-electron chi connectivity index (χ1n) is 16.9. The molecule has 49 heavy (non-hydrogen) atoms. The number of esters is 1. The van der Waals surface area contributed by atoms with Crippen LogP contribution in [0, 0.1) is 12.8 Å². The standard InChI is InChI=1S/C40H41N3O6/c1-27-36(41-38(49-27)29-12-4-3-5-13-29)19-22-47-30-14-10-11-28(23-30)24-42-20-21-43(25-37(42)39(44)46-2)40(45)48-26-35-33-17-8-6-15-31(33)32-16-7-9-18-34(32)35/h3-18,23,31,33,35,37H,19-22,24-26H2,1-2H3. The number of rotatable bonds is 10. The van der Waals surface area contributed by atoms with Crippen molar-refractivity contribution < 1.29 is 28.2 Å². The molecule has 1 aliphatic heterocycles. The molecule has 252 valence electrons. The van der Waals surface area contributed by atoms with Crippen molar-refractivity contribution in [1.82, 2.24) is 14.8 Å². The second-order valence-corrected chi connectivity index (χ2v) is 12.8. The average molecular weight is 660 g/mol. The summed E-state index contributed by atoms with van der Waals surface area (Å²) in [6.45, 7) is 4.29. The van der Waals surface area contributed by atoms with Gasteiger partial charge < -0.3 is 23.5 Å². The highest BCUT2D eigenvalue weighted by molar-refractivity contribution is 5.77. The maximum absolute atomic E-state index is 13.4. The molecular weight excluding hydrogens is 618 g/mol. The minimum Gasteiger partial charge on any atom is -0.493 e. The molecule has 4 atom stereocenters. The molecule has 9 heteroatoms. The third-order valence-electron chi connectivity index (χ3n) is 9.81. The maximum atomic E-state index is 13.4. The number of hydrogen-bond acceptors (Lipinski definition) is 8. The number of piperazine rings is 1. The summed E-state index contributed by atoms with van der Waals surface area (Å²) in [7, 11) is 1.38. The van der Waals surface area contributed by atoms with E-state index in [0.29, 0.717) is 44.5 Å². The van der Waals surface area contributed by atoms with Crippen molar-refractivity contribution in [3.05, 3.63) is 131 Å². The first-order chi connectivity index (χ1) is 24.0. The van der Waals surface area contributed by atoms with E-state index in [9.17, 15) is 9.59 Å². The van der Waals surface area contributed by atoms with Crippen molar-refractivity contribution in [3.8, 4) is 17.2 Å². The smallest absolute Gasteiger partial charge is 0.409 e. The van der Waals surface area contributed by atoms with E-state index in [1.165, 1.54) is 18.2 Å². The van der Waals surface area contributed by atoms with Gasteiger partial charge >= 0.3 is 12.1 Å². The summed E-state index contributed by atoms with van der Waals surface area (Å²) in [5.41, 5.74) is 5.33. The second kappa shape index (κ2) is 14.5. The number of benzene rings is 3. The van der Waals surface area contributed by atoms with E-state index in [0.717, 1.165) is 28.3 Å². The van der Waals surface area contributed by atoms with E-state index in [4.69, 9.17) is 18.6 Å². The number of amides is 1. The number of nitrogens with zero attached hydrogens (tertiary/aromatic N) is 3. The number of fused-ring (bicyclic) bond motifs is 3. The Morgan fingerprint density at radius 2 is 1.73 bits per heavy atom. The number of aryl methyl sites for hydroxylation is 1. The molecule has 9 nitrogen and oxygen atoms in total. The molecular formula is C40H41N3O6. The van der Waals surface area contributed by atoms with E-state index >= 15 is 0 Å². The zero-order chi connectivity index (χ0) is 33.7. The maximum Gasteiger partial charge on any atom is 0.409 e. The van der Waals surface area contributed by atoms with Crippen LogP contribution in [-0.2, 0) is 27.2 Å². The fourth-order valence-electron chi connectivity index (χ4n) is 7.27. The lowest BCUT2D eigenvalue weighted by Gasteiger charge is -2.39. The topological polar surface area (TPSA) is 94.3 Å². The Bertz CT molecular complexity index is 1850. The Kier molecular flexibility index (Phi) is 9.61. The van der Waals surface area contributed by atoms with Crippen molar-refractivity contribution in [2.45, 2.75) is 37.8 Å². The first kappa shape index (κ1) is 32.4. The molecule has 0 radical (unpaired) electrons. The number of carbonyl (C=O) groups excluding carboxylic acids is 2. The summed E-state index contributed by atoms with van der Waals surface area (Å²) >= 11 is 0. The van der Waals surface area contributed by atoms with Gasteiger partial charge in [0.15, 0.2) is 0 Å². The summed E-state index contributed by atoms with van der Waals surface area (Å²) in [6, 6.07) is 25.5. The highest BCUT2D eigenvalue weighted by Gasteiger charge is 2.40. The van der Waals surface area contributed by atoms with Crippen LogP contribution in [0.2, 0.25) is 0 Å². The van der Waals surface area contributed by atoms with Gasteiger partial charge in [-0.2, -0.15) is 0 Å². The number of methoxy groups -OCH3 is 1. The minimum atomic E-state index is -0.618. The molecule has 3 aliphatic rings. The summed E-state index contributed by atoms with van der Waals surface area (Å²) < 4.78 is 23.1. The van der Waals surface area contributed by atoms with Crippen molar-refractivity contribution in [2.24, 2.45) is 5.92 Å². The Morgan fingerprint density at radius 1 is 0.939 bits per heavy atom. The van der Waals surface area contributed by atoms with E-state index in [-0.39, 0.29) is 31.0 Å². The largest absolute Gasteiger partial charge is 0.493 e. The van der Waals surface area contributed by atoms with Crippen LogP contribution >= 0.6 is 0 Å². The fraction of sp³-hybridized carbons (Fsp3) is 0.325. The first-order valence-corrected chi connectivity index (χ1v) is 16.9. The minimum absolute atomic E-state index is 0.0882. The third kappa shape index (κ3) is 7.03. The number of hydrogen-bond donors (Lipinski definition) is 0. The summed E-state index contributed by atoms with van der Waals surface area (Å²) in [6.07, 6.45) is 8.81. The molecule has 0 saturated carbocycles. The highest BCUT2D eigenvalue weighted by Crippen LogP contribution is 2.49. The van der Waals surface area contributed by atoms with E-state index in [1.54, 1.807) is 4.90 Å². The average Bonchev–Trinajstić information content (AvgIpc) is 3.68. The molecule has 2 heterocycles. The van der Waals surface area contributed by atoms with Crippen molar-refractivity contribution in [3.63, 3.8) is 0 Å². The third-order valence-corrected chi connectivity index (χ3v) is 9.81. The number of oxazole rings is 1. The Balaban J connectivity index is 0.942. The predicted molar refractivity (Wildman–Crippen MR) is 185 cm³/mol. The van der Waals surface area contributed by atoms with Gasteiger partial charge in [-0.1, -0.05) is 78.9 Å². The summed E-state index contributed by atoms with van der Waals surface area (Å²) in [5.74, 6) is 2.39. The van der Waals surface area contributed by atoms with Crippen LogP contribution in [0.15, 0.2) is 108 Å². The molecule has 3 aromatic carbocycles. The molecule has 0 bridgehead atoms. The molecule has 1 amide bonds. The molecule has 1 aromatic heterocycles. The zero-order valence-electron chi connectivity index (χ0n) is 27.9. The van der Waals surface area contributed by atoms with Gasteiger partial charge in [-0.3, -0.25) is 9.69 Å². The Morgan fingerprint density at radius 3 is 2.57 bits per heavy atom. The molecule has 0 N–H and O–H groups in total. The van der Waals surface area contributed by atoms with Gasteiger partial charge in [-0.05, 0) is 53.8 Å². The number of carbonyl (C=O) groups is 2. The van der Waals surface area contributed by atoms with Gasteiger partial charge in [0.25, 0.3) is 0 Å². The number of aromatic nitrogens is 1. The van der Waals surface area contributed by atoms with E-state index in [2.05, 4.69) is 52.4 Å². The highest BCUT2D eigenvalue weighted by atomic mass is 16.6.